The summed E-state index contributed by atoms with van der Waals surface area (Å²) in [6.45, 7) is 1.58. The van der Waals surface area contributed by atoms with Gasteiger partial charge in [0, 0.05) is 11.0 Å². The first-order chi connectivity index (χ1) is 11.1. The molecule has 0 bridgehead atoms. The quantitative estimate of drug-likeness (QED) is 0.495. The second kappa shape index (κ2) is 6.34. The van der Waals surface area contributed by atoms with E-state index < -0.39 is 36.6 Å². The van der Waals surface area contributed by atoms with Gasteiger partial charge in [0.05, 0.1) is 10.5 Å². The molecule has 0 radical (unpaired) electrons. The monoisotopic (exact) mass is 352 g/mol. The molecule has 0 aliphatic rings. The molecular weight excluding hydrogens is 340 g/mol. The van der Waals surface area contributed by atoms with Gasteiger partial charge in [-0.1, -0.05) is 23.8 Å². The van der Waals surface area contributed by atoms with E-state index in [1.54, 1.807) is 6.92 Å². The molecule has 1 atom stereocenters. The lowest BCUT2D eigenvalue weighted by molar-refractivity contribution is -0.519. The van der Waals surface area contributed by atoms with Crippen LogP contribution in [0, 0.1) is 27.2 Å². The molecule has 2 rings (SSSR count). The Balaban J connectivity index is 2.83. The summed E-state index contributed by atoms with van der Waals surface area (Å²) in [6, 6.07) is 6.79. The van der Waals surface area contributed by atoms with Crippen molar-refractivity contribution in [1.29, 1.82) is 0 Å². The van der Waals surface area contributed by atoms with E-state index in [4.69, 9.17) is 0 Å². The van der Waals surface area contributed by atoms with Gasteiger partial charge < -0.3 is 0 Å². The summed E-state index contributed by atoms with van der Waals surface area (Å²) < 4.78 is 32.4. The summed E-state index contributed by atoms with van der Waals surface area (Å²) in [6.07, 6.45) is 0. The zero-order valence-corrected chi connectivity index (χ0v) is 13.1. The molecule has 24 heavy (non-hydrogen) atoms. The van der Waals surface area contributed by atoms with Gasteiger partial charge in [0.25, 0.3) is 21.8 Å². The van der Waals surface area contributed by atoms with Crippen molar-refractivity contribution in [3.8, 4) is 0 Å². The number of nitrogens with zero attached hydrogens (tertiary/aromatic N) is 2. The van der Waals surface area contributed by atoms with Crippen molar-refractivity contribution in [3.63, 3.8) is 0 Å². The largest absolute Gasteiger partial charge is 0.295 e. The predicted molar refractivity (Wildman–Crippen MR) is 82.9 cm³/mol. The molecule has 0 saturated heterocycles. The number of hydrogen-bond donors (Lipinski definition) is 1. The number of rotatable bonds is 5. The van der Waals surface area contributed by atoms with Crippen molar-refractivity contribution in [3.05, 3.63) is 79.4 Å². The van der Waals surface area contributed by atoms with Crippen LogP contribution in [0.1, 0.15) is 22.7 Å². The predicted octanol–water partition coefficient (Wildman–Crippen LogP) is 2.52. The Hall–Kier alpha value is -2.85. The minimum absolute atomic E-state index is 0.275. The molecule has 0 aliphatic heterocycles. The Labute approximate surface area is 136 Å². The summed E-state index contributed by atoms with van der Waals surface area (Å²) in [5.74, 6) is 0. The molecule has 1 N–H and O–H groups in total. The molecule has 0 amide bonds. The van der Waals surface area contributed by atoms with E-state index in [1.165, 1.54) is 30.3 Å². The Bertz CT molecular complexity index is 924. The first-order valence-corrected chi connectivity index (χ1v) is 8.01. The van der Waals surface area contributed by atoms with Gasteiger partial charge in [-0.25, -0.2) is 0 Å². The highest BCUT2D eigenvalue weighted by molar-refractivity contribution is 7.85. The second-order valence-corrected chi connectivity index (χ2v) is 6.41. The molecule has 0 heterocycles. The molecule has 10 heteroatoms. The van der Waals surface area contributed by atoms with Gasteiger partial charge in [-0.15, -0.1) is 0 Å². The lowest BCUT2D eigenvalue weighted by Gasteiger charge is -2.14. The van der Waals surface area contributed by atoms with E-state index in [2.05, 4.69) is 0 Å². The number of para-hydroxylation sites is 1. The first-order valence-electron chi connectivity index (χ1n) is 6.57. The van der Waals surface area contributed by atoms with Gasteiger partial charge >= 0.3 is 0 Å². The van der Waals surface area contributed by atoms with Gasteiger partial charge in [0.2, 0.25) is 0 Å². The fraction of sp³-hybridized carbons (Fsp3) is 0.143. The average Bonchev–Trinajstić information content (AvgIpc) is 2.46. The van der Waals surface area contributed by atoms with Crippen LogP contribution in [0.3, 0.4) is 0 Å². The minimum Gasteiger partial charge on any atom is -0.282 e. The van der Waals surface area contributed by atoms with Crippen LogP contribution in [-0.2, 0) is 10.1 Å². The topological polar surface area (TPSA) is 141 Å². The van der Waals surface area contributed by atoms with E-state index in [9.17, 15) is 33.2 Å². The van der Waals surface area contributed by atoms with Crippen LogP contribution in [-0.4, -0.2) is 22.8 Å². The van der Waals surface area contributed by atoms with E-state index in [0.717, 1.165) is 12.1 Å². The lowest BCUT2D eigenvalue weighted by Crippen LogP contribution is -2.17. The molecule has 0 saturated carbocycles. The molecule has 126 valence electrons. The van der Waals surface area contributed by atoms with E-state index in [1.807, 2.05) is 0 Å². The average molecular weight is 352 g/mol. The summed E-state index contributed by atoms with van der Waals surface area (Å²) in [4.78, 5) is 20.4. The van der Waals surface area contributed by atoms with Gasteiger partial charge in [0.15, 0.2) is 0 Å². The Morgan fingerprint density at radius 1 is 1.04 bits per heavy atom. The Kier molecular flexibility index (Phi) is 4.62. The molecule has 2 aromatic rings. The third kappa shape index (κ3) is 3.39. The highest BCUT2D eigenvalue weighted by Crippen LogP contribution is 2.35. The van der Waals surface area contributed by atoms with Gasteiger partial charge in [-0.3, -0.25) is 24.8 Å². The maximum absolute atomic E-state index is 11.6. The third-order valence-corrected chi connectivity index (χ3v) is 4.30. The van der Waals surface area contributed by atoms with Gasteiger partial charge in [0.1, 0.15) is 10.5 Å². The first kappa shape index (κ1) is 17.5. The van der Waals surface area contributed by atoms with Crippen molar-refractivity contribution in [2.45, 2.75) is 17.9 Å². The maximum atomic E-state index is 11.6. The number of hydrogen-bond acceptors (Lipinski definition) is 6. The minimum atomic E-state index is -4.74. The summed E-state index contributed by atoms with van der Waals surface area (Å²) in [5, 5.41) is 22.7. The molecule has 9 nitrogen and oxygen atoms in total. The molecule has 0 spiro atoms. The molecule has 2 aromatic carbocycles. The summed E-state index contributed by atoms with van der Waals surface area (Å²) in [7, 11) is -4.74. The summed E-state index contributed by atoms with van der Waals surface area (Å²) in [5.41, 5.74) is -0.621. The number of nitro benzene ring substituents is 1. The van der Waals surface area contributed by atoms with Crippen LogP contribution in [0.15, 0.2) is 47.4 Å². The van der Waals surface area contributed by atoms with Crippen molar-refractivity contribution >= 4 is 15.8 Å². The van der Waals surface area contributed by atoms with Gasteiger partial charge in [-0.2, -0.15) is 8.42 Å². The Morgan fingerprint density at radius 3 is 2.21 bits per heavy atom. The van der Waals surface area contributed by atoms with Crippen LogP contribution in [0.4, 0.5) is 5.69 Å². The van der Waals surface area contributed by atoms with Crippen molar-refractivity contribution < 1.29 is 22.8 Å². The SMILES string of the molecule is Cc1ccc(S(=O)(=O)O)c(C(c2ccccc2[N+](=O)[O-])[N+](=O)[O-])c1. The highest BCUT2D eigenvalue weighted by atomic mass is 32.2. The van der Waals surface area contributed by atoms with Gasteiger partial charge in [-0.05, 0) is 25.1 Å². The van der Waals surface area contributed by atoms with E-state index in [-0.39, 0.29) is 11.1 Å². The molecule has 0 aliphatic carbocycles. The number of nitro groups is 2. The molecular formula is C14H12N2O7S. The van der Waals surface area contributed by atoms with Crippen LogP contribution in [0.25, 0.3) is 0 Å². The normalized spacial score (nSPS) is 12.6. The fourth-order valence-electron chi connectivity index (χ4n) is 2.40. The van der Waals surface area contributed by atoms with Crippen molar-refractivity contribution in [2.24, 2.45) is 0 Å². The maximum Gasteiger partial charge on any atom is 0.295 e. The van der Waals surface area contributed by atoms with Crippen LogP contribution < -0.4 is 0 Å². The molecule has 0 fully saturated rings. The molecule has 1 unspecified atom stereocenters. The summed E-state index contributed by atoms with van der Waals surface area (Å²) >= 11 is 0. The number of benzene rings is 2. The Morgan fingerprint density at radius 2 is 1.67 bits per heavy atom. The van der Waals surface area contributed by atoms with Crippen molar-refractivity contribution in [1.82, 2.24) is 0 Å². The van der Waals surface area contributed by atoms with Crippen LogP contribution >= 0.6 is 0 Å². The van der Waals surface area contributed by atoms with Crippen LogP contribution in [0.5, 0.6) is 0 Å². The smallest absolute Gasteiger partial charge is 0.282 e. The molecule has 0 aromatic heterocycles. The lowest BCUT2D eigenvalue weighted by atomic mass is 9.96. The van der Waals surface area contributed by atoms with Crippen molar-refractivity contribution in [2.75, 3.05) is 0 Å². The zero-order valence-electron chi connectivity index (χ0n) is 12.3. The standard InChI is InChI=1S/C14H12N2O7S/c1-9-6-7-13(24(21,22)23)11(8-9)14(16(19)20)10-4-2-3-5-12(10)15(17)18/h2-8,14H,1H3,(H,21,22,23). The van der Waals surface area contributed by atoms with E-state index in [0.29, 0.717) is 5.56 Å². The van der Waals surface area contributed by atoms with Crippen LogP contribution in [0.2, 0.25) is 0 Å². The zero-order chi connectivity index (χ0) is 18.1. The second-order valence-electron chi connectivity index (χ2n) is 5.02. The van der Waals surface area contributed by atoms with E-state index >= 15 is 0 Å². The third-order valence-electron chi connectivity index (χ3n) is 3.38. The fourth-order valence-corrected chi connectivity index (χ4v) is 3.10. The number of aryl methyl sites for hydroxylation is 1. The highest BCUT2D eigenvalue weighted by Gasteiger charge is 2.36.